The zero-order valence-electron chi connectivity index (χ0n) is 15.4. The van der Waals surface area contributed by atoms with Crippen molar-refractivity contribution in [3.05, 3.63) is 35.1 Å². The number of aliphatic hydroxyl groups is 1. The molecule has 0 aliphatic carbocycles. The van der Waals surface area contributed by atoms with Crippen LogP contribution < -0.4 is 21.1 Å². The minimum absolute atomic E-state index is 0.0177. The van der Waals surface area contributed by atoms with Gasteiger partial charge in [0.15, 0.2) is 10.9 Å². The number of cyclic esters (lactones) is 1. The zero-order chi connectivity index (χ0) is 21.5. The number of carbonyl (C=O) groups excluding carboxylic acids is 3. The number of anilines is 2. The lowest BCUT2D eigenvalue weighted by atomic mass is 10.2. The fourth-order valence-corrected chi connectivity index (χ4v) is 3.19. The number of hydrogen-bond acceptors (Lipinski definition) is 8. The smallest absolute Gasteiger partial charge is 0.414 e. The van der Waals surface area contributed by atoms with Gasteiger partial charge < -0.3 is 15.2 Å². The number of hydrazine groups is 1. The van der Waals surface area contributed by atoms with Crippen molar-refractivity contribution in [2.24, 2.45) is 4.99 Å². The molecule has 158 valence electrons. The van der Waals surface area contributed by atoms with Crippen LogP contribution in [0.15, 0.2) is 28.6 Å². The molecule has 1 unspecified atom stereocenters. The molecule has 2 heterocycles. The summed E-state index contributed by atoms with van der Waals surface area (Å²) in [5.41, 5.74) is 5.53. The Morgan fingerprint density at radius 2 is 2.33 bits per heavy atom. The summed E-state index contributed by atoms with van der Waals surface area (Å²) in [6, 6.07) is 3.98. The molecule has 30 heavy (non-hydrogen) atoms. The molecule has 4 N–H and O–H groups in total. The number of aliphatic imine (C=N–C) groups is 1. The molecule has 3 amide bonds. The van der Waals surface area contributed by atoms with E-state index in [1.807, 2.05) is 0 Å². The van der Waals surface area contributed by atoms with Crippen LogP contribution in [0.1, 0.15) is 5.69 Å². The van der Waals surface area contributed by atoms with E-state index in [4.69, 9.17) is 9.84 Å². The molecule has 1 aliphatic rings. The SMILES string of the molecule is O=CNc1nc(CC(=O)NNC=Nc2ccc(N3CC(CO)OC3=O)cc2F)cs1. The molecular weight excluding hydrogens is 419 g/mol. The summed E-state index contributed by atoms with van der Waals surface area (Å²) in [7, 11) is 0. The van der Waals surface area contributed by atoms with E-state index in [9.17, 15) is 18.8 Å². The predicted octanol–water partition coefficient (Wildman–Crippen LogP) is 0.691. The minimum Gasteiger partial charge on any atom is -0.441 e. The summed E-state index contributed by atoms with van der Waals surface area (Å²) in [5.74, 6) is -1.10. The van der Waals surface area contributed by atoms with E-state index in [0.29, 0.717) is 17.2 Å². The average Bonchev–Trinajstić information content (AvgIpc) is 3.32. The molecule has 1 atom stereocenters. The van der Waals surface area contributed by atoms with Crippen molar-refractivity contribution in [2.75, 3.05) is 23.4 Å². The van der Waals surface area contributed by atoms with Crippen LogP contribution in [-0.4, -0.2) is 54.1 Å². The molecule has 1 aromatic carbocycles. The number of ether oxygens (including phenoxy) is 1. The molecule has 0 bridgehead atoms. The number of rotatable bonds is 9. The molecule has 1 fully saturated rings. The molecule has 2 aromatic rings. The van der Waals surface area contributed by atoms with Gasteiger partial charge in [0.2, 0.25) is 12.3 Å². The highest BCUT2D eigenvalue weighted by Gasteiger charge is 2.32. The quantitative estimate of drug-likeness (QED) is 0.196. The molecule has 3 rings (SSSR count). The van der Waals surface area contributed by atoms with E-state index >= 15 is 0 Å². The topological polar surface area (TPSA) is 145 Å². The fourth-order valence-electron chi connectivity index (χ4n) is 2.52. The molecule has 13 heteroatoms. The number of thiazole rings is 1. The van der Waals surface area contributed by atoms with Crippen LogP contribution in [0, 0.1) is 5.82 Å². The molecule has 0 saturated carbocycles. The maximum absolute atomic E-state index is 14.3. The van der Waals surface area contributed by atoms with Crippen LogP contribution in [0.2, 0.25) is 0 Å². The lowest BCUT2D eigenvalue weighted by Crippen LogP contribution is -2.37. The van der Waals surface area contributed by atoms with E-state index in [2.05, 4.69) is 26.1 Å². The van der Waals surface area contributed by atoms with E-state index in [0.717, 1.165) is 12.4 Å². The van der Waals surface area contributed by atoms with Crippen molar-refractivity contribution in [2.45, 2.75) is 12.5 Å². The van der Waals surface area contributed by atoms with Crippen LogP contribution in [0.3, 0.4) is 0 Å². The van der Waals surface area contributed by atoms with E-state index in [1.54, 1.807) is 5.38 Å². The summed E-state index contributed by atoms with van der Waals surface area (Å²) >= 11 is 1.19. The van der Waals surface area contributed by atoms with Gasteiger partial charge in [0.1, 0.15) is 18.1 Å². The molecule has 0 spiro atoms. The van der Waals surface area contributed by atoms with Gasteiger partial charge in [-0.2, -0.15) is 0 Å². The first kappa shape index (κ1) is 21.1. The van der Waals surface area contributed by atoms with Crippen molar-refractivity contribution in [1.29, 1.82) is 0 Å². The van der Waals surface area contributed by atoms with Crippen LogP contribution >= 0.6 is 11.3 Å². The summed E-state index contributed by atoms with van der Waals surface area (Å²) in [5, 5.41) is 13.5. The Labute approximate surface area is 173 Å². The number of nitrogens with one attached hydrogen (secondary N) is 3. The number of carbonyl (C=O) groups is 3. The van der Waals surface area contributed by atoms with Crippen molar-refractivity contribution in [3.63, 3.8) is 0 Å². The number of benzene rings is 1. The Kier molecular flexibility index (Phi) is 6.87. The molecule has 0 radical (unpaired) electrons. The number of nitrogens with zero attached hydrogens (tertiary/aromatic N) is 3. The first-order chi connectivity index (χ1) is 14.5. The van der Waals surface area contributed by atoms with E-state index < -0.39 is 23.9 Å². The second-order valence-electron chi connectivity index (χ2n) is 5.97. The number of amides is 3. The third-order valence-electron chi connectivity index (χ3n) is 3.88. The highest BCUT2D eigenvalue weighted by Crippen LogP contribution is 2.27. The highest BCUT2D eigenvalue weighted by molar-refractivity contribution is 7.13. The molecule has 11 nitrogen and oxygen atoms in total. The van der Waals surface area contributed by atoms with Gasteiger partial charge in [-0.15, -0.1) is 11.3 Å². The van der Waals surface area contributed by atoms with Crippen molar-refractivity contribution >= 4 is 52.6 Å². The predicted molar refractivity (Wildman–Crippen MR) is 106 cm³/mol. The van der Waals surface area contributed by atoms with Gasteiger partial charge in [-0.3, -0.25) is 25.3 Å². The monoisotopic (exact) mass is 436 g/mol. The summed E-state index contributed by atoms with van der Waals surface area (Å²) < 4.78 is 19.2. The second-order valence-corrected chi connectivity index (χ2v) is 6.83. The Balaban J connectivity index is 1.50. The van der Waals surface area contributed by atoms with Gasteiger partial charge in [-0.25, -0.2) is 19.2 Å². The second kappa shape index (κ2) is 9.76. The molecule has 1 aromatic heterocycles. The third-order valence-corrected chi connectivity index (χ3v) is 4.70. The largest absolute Gasteiger partial charge is 0.441 e. The van der Waals surface area contributed by atoms with E-state index in [1.165, 1.54) is 28.4 Å². The van der Waals surface area contributed by atoms with Gasteiger partial charge in [-0.05, 0) is 18.2 Å². The summed E-state index contributed by atoms with van der Waals surface area (Å²) in [4.78, 5) is 43.0. The Morgan fingerprint density at radius 3 is 3.03 bits per heavy atom. The lowest BCUT2D eigenvalue weighted by molar-refractivity contribution is -0.121. The van der Waals surface area contributed by atoms with Gasteiger partial charge in [0.05, 0.1) is 31.0 Å². The van der Waals surface area contributed by atoms with Gasteiger partial charge in [0, 0.05) is 5.38 Å². The standard InChI is InChI=1S/C17H17FN6O5S/c18-13-4-11(24-5-12(6-25)29-17(24)28)1-2-14(13)19-8-21-23-15(27)3-10-7-30-16(22-10)20-9-26/h1-2,4,7-9,12,25H,3,5-6H2,(H,19,21)(H,23,27)(H,20,22,26). The number of aromatic nitrogens is 1. The maximum Gasteiger partial charge on any atom is 0.414 e. The first-order valence-electron chi connectivity index (χ1n) is 8.60. The Hall–Kier alpha value is -3.58. The molecular formula is C17H17FN6O5S. The number of aliphatic hydroxyl groups excluding tert-OH is 1. The molecule has 1 saturated heterocycles. The average molecular weight is 436 g/mol. The van der Waals surface area contributed by atoms with Gasteiger partial charge in [-0.1, -0.05) is 0 Å². The fraction of sp³-hybridized carbons (Fsp3) is 0.235. The van der Waals surface area contributed by atoms with Crippen molar-refractivity contribution in [1.82, 2.24) is 15.8 Å². The van der Waals surface area contributed by atoms with Crippen molar-refractivity contribution in [3.8, 4) is 0 Å². The van der Waals surface area contributed by atoms with Crippen LogP contribution in [0.5, 0.6) is 0 Å². The van der Waals surface area contributed by atoms with Crippen LogP contribution in [-0.2, 0) is 20.7 Å². The van der Waals surface area contributed by atoms with Crippen LogP contribution in [0.4, 0.5) is 25.7 Å². The lowest BCUT2D eigenvalue weighted by Gasteiger charge is -2.13. The Morgan fingerprint density at radius 1 is 1.50 bits per heavy atom. The third kappa shape index (κ3) is 5.27. The first-order valence-corrected chi connectivity index (χ1v) is 9.48. The number of hydrogen-bond donors (Lipinski definition) is 4. The normalized spacial score (nSPS) is 15.9. The highest BCUT2D eigenvalue weighted by atomic mass is 32.1. The van der Waals surface area contributed by atoms with Gasteiger partial charge >= 0.3 is 6.09 Å². The molecule has 1 aliphatic heterocycles. The summed E-state index contributed by atoms with van der Waals surface area (Å²) in [6.07, 6.45) is 0.255. The minimum atomic E-state index is -0.685. The zero-order valence-corrected chi connectivity index (χ0v) is 16.2. The van der Waals surface area contributed by atoms with E-state index in [-0.39, 0.29) is 30.9 Å². The summed E-state index contributed by atoms with van der Waals surface area (Å²) in [6.45, 7) is -0.194. The van der Waals surface area contributed by atoms with Crippen LogP contribution in [0.25, 0.3) is 0 Å². The van der Waals surface area contributed by atoms with Gasteiger partial charge in [0.25, 0.3) is 0 Å². The maximum atomic E-state index is 14.3. The Bertz CT molecular complexity index is 968. The number of halogens is 1. The van der Waals surface area contributed by atoms with Crippen molar-refractivity contribution < 1.29 is 28.6 Å².